The zero-order chi connectivity index (χ0) is 15.4. The molecule has 1 aliphatic rings. The Kier molecular flexibility index (Phi) is 4.40. The van der Waals surface area contributed by atoms with Crippen LogP contribution in [0.25, 0.3) is 11.0 Å². The molecule has 118 valence electrons. The van der Waals surface area contributed by atoms with Crippen molar-refractivity contribution >= 4 is 16.9 Å². The van der Waals surface area contributed by atoms with Crippen LogP contribution in [0, 0.1) is 5.41 Å². The SMILES string of the molecule is NCC1(C(=O)NCCn2cnc3ccccc32)CCOCC1. The van der Waals surface area contributed by atoms with Crippen LogP contribution in [0.2, 0.25) is 0 Å². The Hall–Kier alpha value is -1.92. The van der Waals surface area contributed by atoms with Crippen LogP contribution in [0.4, 0.5) is 0 Å². The summed E-state index contributed by atoms with van der Waals surface area (Å²) in [6.45, 7) is 2.86. The number of fused-ring (bicyclic) bond motifs is 1. The molecule has 0 bridgehead atoms. The van der Waals surface area contributed by atoms with Crippen molar-refractivity contribution in [2.75, 3.05) is 26.3 Å². The summed E-state index contributed by atoms with van der Waals surface area (Å²) in [7, 11) is 0. The standard InChI is InChI=1S/C16H22N4O2/c17-11-16(5-9-22-10-6-16)15(21)18-7-8-20-12-19-13-3-1-2-4-14(13)20/h1-4,12H,5-11,17H2,(H,18,21). The fraction of sp³-hybridized carbons (Fsp3) is 0.500. The minimum atomic E-state index is -0.463. The van der Waals surface area contributed by atoms with Crippen molar-refractivity contribution in [2.45, 2.75) is 19.4 Å². The van der Waals surface area contributed by atoms with E-state index in [4.69, 9.17) is 10.5 Å². The van der Waals surface area contributed by atoms with E-state index in [1.54, 1.807) is 0 Å². The summed E-state index contributed by atoms with van der Waals surface area (Å²) >= 11 is 0. The van der Waals surface area contributed by atoms with Crippen molar-refractivity contribution in [1.82, 2.24) is 14.9 Å². The molecule has 6 nitrogen and oxygen atoms in total. The lowest BCUT2D eigenvalue weighted by Crippen LogP contribution is -2.49. The summed E-state index contributed by atoms with van der Waals surface area (Å²) in [5.74, 6) is 0.0442. The minimum Gasteiger partial charge on any atom is -0.381 e. The number of imidazole rings is 1. The van der Waals surface area contributed by atoms with Gasteiger partial charge in [0.1, 0.15) is 0 Å². The lowest BCUT2D eigenvalue weighted by atomic mass is 9.79. The molecule has 0 unspecified atom stereocenters. The predicted molar refractivity (Wildman–Crippen MR) is 84.3 cm³/mol. The zero-order valence-corrected chi connectivity index (χ0v) is 12.6. The summed E-state index contributed by atoms with van der Waals surface area (Å²) in [5.41, 5.74) is 7.43. The van der Waals surface area contributed by atoms with E-state index in [-0.39, 0.29) is 5.91 Å². The molecular weight excluding hydrogens is 280 g/mol. The largest absolute Gasteiger partial charge is 0.381 e. The summed E-state index contributed by atoms with van der Waals surface area (Å²) in [6, 6.07) is 7.97. The monoisotopic (exact) mass is 302 g/mol. The first-order valence-corrected chi connectivity index (χ1v) is 7.71. The summed E-state index contributed by atoms with van der Waals surface area (Å²) in [5, 5.41) is 3.02. The molecule has 1 aromatic carbocycles. The molecular formula is C16H22N4O2. The highest BCUT2D eigenvalue weighted by molar-refractivity contribution is 5.83. The highest BCUT2D eigenvalue weighted by Gasteiger charge is 2.38. The van der Waals surface area contributed by atoms with Crippen LogP contribution in [-0.4, -0.2) is 41.8 Å². The smallest absolute Gasteiger partial charge is 0.227 e. The predicted octanol–water partition coefficient (Wildman–Crippen LogP) is 0.908. The van der Waals surface area contributed by atoms with E-state index in [0.717, 1.165) is 11.0 Å². The van der Waals surface area contributed by atoms with Gasteiger partial charge in [-0.3, -0.25) is 4.79 Å². The first-order valence-electron chi connectivity index (χ1n) is 7.71. The fourth-order valence-corrected chi connectivity index (χ4v) is 2.95. The van der Waals surface area contributed by atoms with Crippen LogP contribution < -0.4 is 11.1 Å². The number of nitrogens with one attached hydrogen (secondary N) is 1. The van der Waals surface area contributed by atoms with Gasteiger partial charge in [-0.15, -0.1) is 0 Å². The third kappa shape index (κ3) is 2.84. The zero-order valence-electron chi connectivity index (χ0n) is 12.6. The number of nitrogens with two attached hydrogens (primary N) is 1. The van der Waals surface area contributed by atoms with Crippen molar-refractivity contribution in [3.05, 3.63) is 30.6 Å². The third-order valence-corrected chi connectivity index (χ3v) is 4.49. The van der Waals surface area contributed by atoms with Gasteiger partial charge in [-0.25, -0.2) is 4.98 Å². The van der Waals surface area contributed by atoms with Gasteiger partial charge in [0.25, 0.3) is 0 Å². The van der Waals surface area contributed by atoms with Crippen LogP contribution in [0.15, 0.2) is 30.6 Å². The number of aromatic nitrogens is 2. The molecule has 1 fully saturated rings. The van der Waals surface area contributed by atoms with E-state index in [0.29, 0.717) is 45.7 Å². The molecule has 22 heavy (non-hydrogen) atoms. The number of rotatable bonds is 5. The second-order valence-corrected chi connectivity index (χ2v) is 5.78. The van der Waals surface area contributed by atoms with Gasteiger partial charge in [0.15, 0.2) is 0 Å². The lowest BCUT2D eigenvalue weighted by Gasteiger charge is -2.34. The molecule has 0 spiro atoms. The number of carbonyl (C=O) groups is 1. The molecule has 0 radical (unpaired) electrons. The average Bonchev–Trinajstić information content (AvgIpc) is 2.99. The number of para-hydroxylation sites is 2. The molecule has 0 saturated carbocycles. The van der Waals surface area contributed by atoms with E-state index in [2.05, 4.69) is 14.9 Å². The van der Waals surface area contributed by atoms with Crippen LogP contribution in [0.1, 0.15) is 12.8 Å². The van der Waals surface area contributed by atoms with E-state index < -0.39 is 5.41 Å². The quantitative estimate of drug-likeness (QED) is 0.860. The van der Waals surface area contributed by atoms with Crippen molar-refractivity contribution < 1.29 is 9.53 Å². The van der Waals surface area contributed by atoms with Gasteiger partial charge in [-0.05, 0) is 25.0 Å². The highest BCUT2D eigenvalue weighted by Crippen LogP contribution is 2.29. The Labute approximate surface area is 129 Å². The number of amides is 1. The minimum absolute atomic E-state index is 0.0442. The van der Waals surface area contributed by atoms with Gasteiger partial charge in [-0.1, -0.05) is 12.1 Å². The van der Waals surface area contributed by atoms with Crippen molar-refractivity contribution in [3.63, 3.8) is 0 Å². The van der Waals surface area contributed by atoms with E-state index in [9.17, 15) is 4.79 Å². The molecule has 0 aliphatic carbocycles. The summed E-state index contributed by atoms with van der Waals surface area (Å²) in [4.78, 5) is 16.8. The Morgan fingerprint density at radius 3 is 2.91 bits per heavy atom. The van der Waals surface area contributed by atoms with Gasteiger partial charge < -0.3 is 20.4 Å². The molecule has 1 aliphatic heterocycles. The first-order chi connectivity index (χ1) is 10.7. The second-order valence-electron chi connectivity index (χ2n) is 5.78. The van der Waals surface area contributed by atoms with Crippen LogP contribution in [0.5, 0.6) is 0 Å². The number of hydrogen-bond donors (Lipinski definition) is 2. The van der Waals surface area contributed by atoms with Crippen LogP contribution in [0.3, 0.4) is 0 Å². The number of hydrogen-bond acceptors (Lipinski definition) is 4. The van der Waals surface area contributed by atoms with Crippen LogP contribution >= 0.6 is 0 Å². The number of carbonyl (C=O) groups excluding carboxylic acids is 1. The average molecular weight is 302 g/mol. The summed E-state index contributed by atoms with van der Waals surface area (Å²) < 4.78 is 7.39. The normalized spacial score (nSPS) is 17.5. The van der Waals surface area contributed by atoms with Crippen LogP contribution in [-0.2, 0) is 16.1 Å². The molecule has 2 heterocycles. The molecule has 3 rings (SSSR count). The van der Waals surface area contributed by atoms with Gasteiger partial charge in [0, 0.05) is 32.8 Å². The van der Waals surface area contributed by atoms with Gasteiger partial charge in [0.2, 0.25) is 5.91 Å². The number of benzene rings is 1. The second kappa shape index (κ2) is 6.46. The molecule has 2 aromatic rings. The van der Waals surface area contributed by atoms with Gasteiger partial charge >= 0.3 is 0 Å². The maximum atomic E-state index is 12.5. The van der Waals surface area contributed by atoms with Gasteiger partial charge in [0.05, 0.1) is 22.8 Å². The third-order valence-electron chi connectivity index (χ3n) is 4.49. The molecule has 1 saturated heterocycles. The van der Waals surface area contributed by atoms with Crippen molar-refractivity contribution in [1.29, 1.82) is 0 Å². The van der Waals surface area contributed by atoms with E-state index in [1.165, 1.54) is 0 Å². The molecule has 1 aromatic heterocycles. The number of nitrogens with zero attached hydrogens (tertiary/aromatic N) is 2. The first kappa shape index (κ1) is 15.0. The molecule has 1 amide bonds. The maximum Gasteiger partial charge on any atom is 0.227 e. The molecule has 3 N–H and O–H groups in total. The topological polar surface area (TPSA) is 82.2 Å². The highest BCUT2D eigenvalue weighted by atomic mass is 16.5. The van der Waals surface area contributed by atoms with E-state index in [1.807, 2.05) is 30.6 Å². The maximum absolute atomic E-state index is 12.5. The lowest BCUT2D eigenvalue weighted by molar-refractivity contribution is -0.135. The molecule has 6 heteroatoms. The Balaban J connectivity index is 1.59. The summed E-state index contributed by atoms with van der Waals surface area (Å²) in [6.07, 6.45) is 3.21. The van der Waals surface area contributed by atoms with Crippen molar-refractivity contribution in [3.8, 4) is 0 Å². The Bertz CT molecular complexity index is 646. The fourth-order valence-electron chi connectivity index (χ4n) is 2.95. The Morgan fingerprint density at radius 2 is 2.14 bits per heavy atom. The Morgan fingerprint density at radius 1 is 1.36 bits per heavy atom. The molecule has 0 atom stereocenters. The van der Waals surface area contributed by atoms with E-state index >= 15 is 0 Å². The number of ether oxygens (including phenoxy) is 1. The van der Waals surface area contributed by atoms with Gasteiger partial charge in [-0.2, -0.15) is 0 Å². The van der Waals surface area contributed by atoms with Crippen molar-refractivity contribution in [2.24, 2.45) is 11.1 Å².